The van der Waals surface area contributed by atoms with Gasteiger partial charge in [-0.2, -0.15) is 0 Å². The van der Waals surface area contributed by atoms with E-state index in [-0.39, 0.29) is 57.7 Å². The van der Waals surface area contributed by atoms with Crippen molar-refractivity contribution in [2.24, 2.45) is 0 Å². The largest absolute Gasteiger partial charge is 1.00 e. The fourth-order valence-electron chi connectivity index (χ4n) is 2.95. The van der Waals surface area contributed by atoms with Crippen LogP contribution in [-0.4, -0.2) is 16.9 Å². The Morgan fingerprint density at radius 3 is 1.90 bits per heavy atom. The van der Waals surface area contributed by atoms with Gasteiger partial charge in [0.25, 0.3) is 0 Å². The maximum Gasteiger partial charge on any atom is 1.00 e. The van der Waals surface area contributed by atoms with Crippen LogP contribution in [0.1, 0.15) is 37.4 Å². The summed E-state index contributed by atoms with van der Waals surface area (Å²) >= 11 is 0. The van der Waals surface area contributed by atoms with Gasteiger partial charge in [-0.05, 0) is 67.4 Å². The number of aromatic carboxylic acids is 1. The predicted molar refractivity (Wildman–Crippen MR) is 108 cm³/mol. The summed E-state index contributed by atoms with van der Waals surface area (Å²) in [5.41, 5.74) is 1.79. The molecule has 9 heteroatoms. The molecule has 1 atom stereocenters. The van der Waals surface area contributed by atoms with Crippen molar-refractivity contribution >= 4 is 19.6 Å². The second-order valence-electron chi connectivity index (χ2n) is 6.66. The van der Waals surface area contributed by atoms with E-state index in [1.165, 1.54) is 42.5 Å². The van der Waals surface area contributed by atoms with Crippen molar-refractivity contribution in [3.8, 4) is 11.5 Å². The molecule has 0 aromatic heterocycles. The first-order valence-corrected chi connectivity index (χ1v) is 10.4. The van der Waals surface area contributed by atoms with Gasteiger partial charge in [0.15, 0.2) is 5.78 Å². The van der Waals surface area contributed by atoms with Gasteiger partial charge in [-0.3, -0.25) is 4.79 Å². The van der Waals surface area contributed by atoms with Gasteiger partial charge in [-0.25, -0.2) is 9.36 Å². The van der Waals surface area contributed by atoms with Gasteiger partial charge < -0.3 is 19.0 Å². The molecule has 3 aromatic carbocycles. The van der Waals surface area contributed by atoms with Crippen LogP contribution in [0, 0.1) is 13.8 Å². The maximum absolute atomic E-state index is 12.6. The molecule has 0 radical (unpaired) electrons. The van der Waals surface area contributed by atoms with Crippen molar-refractivity contribution in [1.82, 2.24) is 0 Å². The molecule has 7 nitrogen and oxygen atoms in total. The minimum atomic E-state index is -4.71. The van der Waals surface area contributed by atoms with Crippen molar-refractivity contribution in [3.63, 3.8) is 0 Å². The monoisotopic (exact) mass is 448 g/mol. The summed E-state index contributed by atoms with van der Waals surface area (Å²) in [6.45, 7) is 3.63. The van der Waals surface area contributed by atoms with E-state index in [1.807, 2.05) is 19.9 Å². The fraction of sp³-hybridized carbons (Fsp3) is 0.0909. The maximum atomic E-state index is 12.6. The number of carboxylic acid groups (broad SMARTS) is 1. The third-order valence-electron chi connectivity index (χ3n) is 4.15. The molecule has 0 amide bonds. The summed E-state index contributed by atoms with van der Waals surface area (Å²) in [6.07, 6.45) is 0. The summed E-state index contributed by atoms with van der Waals surface area (Å²) in [4.78, 5) is 36.1. The van der Waals surface area contributed by atoms with E-state index in [0.29, 0.717) is 0 Å². The zero-order valence-electron chi connectivity index (χ0n) is 17.2. The number of carbonyl (C=O) groups is 2. The van der Waals surface area contributed by atoms with E-state index in [1.54, 1.807) is 18.2 Å². The number of carbonyl (C=O) groups excluding carboxylic acids is 1. The molecule has 0 fully saturated rings. The average molecular weight is 448 g/mol. The van der Waals surface area contributed by atoms with E-state index in [2.05, 4.69) is 0 Å². The molecular formula is C22H18NaO7P. The molecule has 0 aliphatic heterocycles. The van der Waals surface area contributed by atoms with E-state index in [0.717, 1.165) is 11.1 Å². The Bertz CT molecular complexity index is 1140. The molecule has 3 rings (SSSR count). The minimum absolute atomic E-state index is 0. The van der Waals surface area contributed by atoms with Crippen LogP contribution >= 0.6 is 7.82 Å². The van der Waals surface area contributed by atoms with Crippen LogP contribution in [0.4, 0.5) is 0 Å². The molecule has 0 bridgehead atoms. The molecule has 0 saturated heterocycles. The number of hydrogen-bond acceptors (Lipinski definition) is 6. The van der Waals surface area contributed by atoms with Crippen LogP contribution < -0.4 is 43.5 Å². The Hall–Kier alpha value is -2.41. The third kappa shape index (κ3) is 6.53. The number of hydrogen-bond donors (Lipinski definition) is 1. The van der Waals surface area contributed by atoms with Crippen LogP contribution in [0.5, 0.6) is 11.5 Å². The second-order valence-corrected chi connectivity index (χ2v) is 7.92. The molecule has 0 aliphatic rings. The summed E-state index contributed by atoms with van der Waals surface area (Å²) in [7, 11) is -4.71. The molecule has 1 unspecified atom stereocenters. The summed E-state index contributed by atoms with van der Waals surface area (Å²) < 4.78 is 22.2. The van der Waals surface area contributed by atoms with Crippen LogP contribution in [0.3, 0.4) is 0 Å². The zero-order chi connectivity index (χ0) is 21.9. The van der Waals surface area contributed by atoms with Crippen LogP contribution in [0.25, 0.3) is 0 Å². The molecule has 0 spiro atoms. The SMILES string of the molecule is Cc1cc(C)cc(OP(=O)([O-])Oc2ccc(C(=O)c3ccccc3C(=O)O)cc2)c1.[Na+]. The Kier molecular flexibility index (Phi) is 8.23. The molecule has 0 aliphatic carbocycles. The molecule has 0 saturated carbocycles. The normalized spacial score (nSPS) is 12.2. The van der Waals surface area contributed by atoms with Crippen molar-refractivity contribution in [2.45, 2.75) is 13.8 Å². The van der Waals surface area contributed by atoms with Gasteiger partial charge in [0, 0.05) is 11.1 Å². The van der Waals surface area contributed by atoms with Gasteiger partial charge in [0.1, 0.15) is 11.5 Å². The first kappa shape index (κ1) is 24.9. The Labute approximate surface area is 201 Å². The Morgan fingerprint density at radius 1 is 0.839 bits per heavy atom. The smallest absolute Gasteiger partial charge is 0.736 e. The standard InChI is InChI=1S/C22H19O7P.Na/c1-14-11-15(2)13-18(12-14)29-30(26,27)28-17-9-7-16(8-10-17)21(23)19-5-3-4-6-20(19)22(24)25;/h3-13H,1-2H3,(H,24,25)(H,26,27);/q;+1/p-1. The Morgan fingerprint density at radius 2 is 1.35 bits per heavy atom. The first-order valence-electron chi connectivity index (χ1n) is 8.90. The van der Waals surface area contributed by atoms with Gasteiger partial charge in [-0.1, -0.05) is 24.3 Å². The molecule has 31 heavy (non-hydrogen) atoms. The van der Waals surface area contributed by atoms with Gasteiger partial charge in [0.05, 0.1) is 5.56 Å². The fourth-order valence-corrected chi connectivity index (χ4v) is 3.73. The first-order chi connectivity index (χ1) is 14.1. The second kappa shape index (κ2) is 10.3. The molecule has 3 aromatic rings. The Balaban J connectivity index is 0.00000341. The van der Waals surface area contributed by atoms with Crippen LogP contribution in [-0.2, 0) is 4.57 Å². The number of aryl methyl sites for hydroxylation is 2. The molecular weight excluding hydrogens is 430 g/mol. The topological polar surface area (TPSA) is 113 Å². The number of rotatable bonds is 7. The van der Waals surface area contributed by atoms with Gasteiger partial charge in [-0.15, -0.1) is 0 Å². The quantitative estimate of drug-likeness (QED) is 0.328. The van der Waals surface area contributed by atoms with E-state index >= 15 is 0 Å². The minimum Gasteiger partial charge on any atom is -0.736 e. The predicted octanol–water partition coefficient (Wildman–Crippen LogP) is 1.16. The number of ketones is 1. The van der Waals surface area contributed by atoms with Crippen molar-refractivity contribution < 1.29 is 62.8 Å². The third-order valence-corrected chi connectivity index (χ3v) is 5.02. The van der Waals surface area contributed by atoms with Crippen LogP contribution in [0.2, 0.25) is 0 Å². The summed E-state index contributed by atoms with van der Waals surface area (Å²) in [5.74, 6) is -1.62. The van der Waals surface area contributed by atoms with Crippen LogP contribution in [0.15, 0.2) is 66.7 Å². The molecule has 154 valence electrons. The summed E-state index contributed by atoms with van der Waals surface area (Å²) in [6, 6.07) is 16.2. The van der Waals surface area contributed by atoms with E-state index < -0.39 is 19.6 Å². The van der Waals surface area contributed by atoms with Crippen molar-refractivity contribution in [2.75, 3.05) is 0 Å². The average Bonchev–Trinajstić information content (AvgIpc) is 2.66. The van der Waals surface area contributed by atoms with E-state index in [4.69, 9.17) is 9.05 Å². The van der Waals surface area contributed by atoms with Crippen molar-refractivity contribution in [1.29, 1.82) is 0 Å². The van der Waals surface area contributed by atoms with Crippen molar-refractivity contribution in [3.05, 3.63) is 94.5 Å². The summed E-state index contributed by atoms with van der Waals surface area (Å²) in [5, 5.41) is 9.24. The molecule has 1 N–H and O–H groups in total. The van der Waals surface area contributed by atoms with E-state index in [9.17, 15) is 24.2 Å². The zero-order valence-corrected chi connectivity index (χ0v) is 20.1. The van der Waals surface area contributed by atoms with Gasteiger partial charge in [0.2, 0.25) is 0 Å². The number of phosphoric ester groups is 1. The number of carboxylic acids is 1. The number of phosphoric acid groups is 1. The molecule has 0 heterocycles. The van der Waals surface area contributed by atoms with Gasteiger partial charge >= 0.3 is 43.3 Å². The number of benzene rings is 3.